The summed E-state index contributed by atoms with van der Waals surface area (Å²) in [5, 5.41) is 9.96. The van der Waals surface area contributed by atoms with Crippen molar-refractivity contribution in [1.29, 1.82) is 0 Å². The van der Waals surface area contributed by atoms with E-state index in [-0.39, 0.29) is 0 Å². The van der Waals surface area contributed by atoms with E-state index in [0.717, 1.165) is 22.7 Å². The lowest BCUT2D eigenvalue weighted by Gasteiger charge is -2.21. The summed E-state index contributed by atoms with van der Waals surface area (Å²) in [7, 11) is 3.23. The molecule has 1 N–H and O–H groups in total. The van der Waals surface area contributed by atoms with E-state index in [2.05, 4.69) is 10.4 Å². The zero-order chi connectivity index (χ0) is 19.8. The van der Waals surface area contributed by atoms with Crippen LogP contribution in [0, 0.1) is 0 Å². The Balaban J connectivity index is 1.89. The summed E-state index contributed by atoms with van der Waals surface area (Å²) in [5.41, 5.74) is 2.55. The predicted octanol–water partition coefficient (Wildman–Crippen LogP) is 4.94. The topological polar surface area (TPSA) is 46.1 Å². The Hall–Kier alpha value is -3.38. The van der Waals surface area contributed by atoms with Crippen molar-refractivity contribution in [3.8, 4) is 11.5 Å². The van der Waals surface area contributed by atoms with E-state index in [1.807, 2.05) is 78.9 Å². The molecular weight excluding hydrogens is 370 g/mol. The molecule has 3 aromatic rings. The molecule has 142 valence electrons. The number of thiocarbonyl (C=S) groups is 1. The molecular formula is C22H21N3O2S. The van der Waals surface area contributed by atoms with E-state index in [1.165, 1.54) is 0 Å². The van der Waals surface area contributed by atoms with Crippen LogP contribution in [0.3, 0.4) is 0 Å². The van der Waals surface area contributed by atoms with Crippen LogP contribution in [0.15, 0.2) is 84.0 Å². The van der Waals surface area contributed by atoms with E-state index < -0.39 is 0 Å². The molecule has 3 aromatic carbocycles. The summed E-state index contributed by atoms with van der Waals surface area (Å²) in [6.07, 6.45) is 1.71. The van der Waals surface area contributed by atoms with Crippen LogP contribution in [0.2, 0.25) is 0 Å². The van der Waals surface area contributed by atoms with E-state index in [0.29, 0.717) is 10.9 Å². The molecule has 0 aliphatic rings. The molecule has 0 unspecified atom stereocenters. The first-order chi connectivity index (χ1) is 13.7. The molecule has 0 atom stereocenters. The van der Waals surface area contributed by atoms with Crippen molar-refractivity contribution >= 4 is 34.9 Å². The molecule has 0 spiro atoms. The highest BCUT2D eigenvalue weighted by molar-refractivity contribution is 7.80. The number of nitrogens with one attached hydrogen (secondary N) is 1. The number of methoxy groups -OCH3 is 2. The minimum atomic E-state index is 0.459. The number of hydrogen-bond acceptors (Lipinski definition) is 4. The summed E-state index contributed by atoms with van der Waals surface area (Å²) in [6.45, 7) is 0. The third kappa shape index (κ3) is 4.86. The molecule has 0 aliphatic heterocycles. The first-order valence-corrected chi connectivity index (χ1v) is 9.09. The molecule has 28 heavy (non-hydrogen) atoms. The Morgan fingerprint density at radius 2 is 1.61 bits per heavy atom. The quantitative estimate of drug-likeness (QED) is 0.366. The van der Waals surface area contributed by atoms with Crippen LogP contribution < -0.4 is 19.8 Å². The third-order valence-corrected chi connectivity index (χ3v) is 4.25. The fraction of sp³-hybridized carbons (Fsp3) is 0.0909. The van der Waals surface area contributed by atoms with Gasteiger partial charge in [0.1, 0.15) is 11.5 Å². The third-order valence-electron chi connectivity index (χ3n) is 3.97. The second-order valence-electron chi connectivity index (χ2n) is 5.80. The number of nitrogens with zero attached hydrogens (tertiary/aromatic N) is 2. The summed E-state index contributed by atoms with van der Waals surface area (Å²) < 4.78 is 10.7. The van der Waals surface area contributed by atoms with E-state index in [1.54, 1.807) is 25.4 Å². The minimum absolute atomic E-state index is 0.459. The van der Waals surface area contributed by atoms with Crippen molar-refractivity contribution in [3.63, 3.8) is 0 Å². The van der Waals surface area contributed by atoms with E-state index in [9.17, 15) is 0 Å². The van der Waals surface area contributed by atoms with Gasteiger partial charge in [0.05, 0.1) is 26.1 Å². The Bertz CT molecular complexity index is 947. The monoisotopic (exact) mass is 391 g/mol. The highest BCUT2D eigenvalue weighted by Crippen LogP contribution is 2.24. The van der Waals surface area contributed by atoms with Gasteiger partial charge in [-0.3, -0.25) is 0 Å². The molecule has 0 radical (unpaired) electrons. The van der Waals surface area contributed by atoms with Gasteiger partial charge < -0.3 is 14.8 Å². The highest BCUT2D eigenvalue weighted by Gasteiger charge is 2.12. The van der Waals surface area contributed by atoms with Gasteiger partial charge in [0.25, 0.3) is 0 Å². The molecule has 0 fully saturated rings. The van der Waals surface area contributed by atoms with Crippen LogP contribution in [0.4, 0.5) is 11.4 Å². The highest BCUT2D eigenvalue weighted by atomic mass is 32.1. The van der Waals surface area contributed by atoms with Crippen LogP contribution in [-0.4, -0.2) is 25.5 Å². The molecule has 6 heteroatoms. The average Bonchev–Trinajstić information content (AvgIpc) is 2.75. The summed E-state index contributed by atoms with van der Waals surface area (Å²) in [5.74, 6) is 1.38. The Kier molecular flexibility index (Phi) is 6.59. The molecule has 0 saturated carbocycles. The molecule has 0 amide bonds. The maximum Gasteiger partial charge on any atom is 0.198 e. The molecule has 3 rings (SSSR count). The normalized spacial score (nSPS) is 10.5. The van der Waals surface area contributed by atoms with Gasteiger partial charge >= 0.3 is 0 Å². The molecule has 5 nitrogen and oxygen atoms in total. The molecule has 0 heterocycles. The molecule has 0 bridgehead atoms. The van der Waals surface area contributed by atoms with Gasteiger partial charge in [0, 0.05) is 17.3 Å². The van der Waals surface area contributed by atoms with Gasteiger partial charge in [0.2, 0.25) is 0 Å². The van der Waals surface area contributed by atoms with E-state index in [4.69, 9.17) is 21.7 Å². The SMILES string of the molecule is COc1ccc(/C=N/N(C(=S)Nc2ccccc2)c2ccccc2)c(OC)c1. The standard InChI is InChI=1S/C22H21N3O2S/c1-26-20-14-13-17(21(15-20)27-2)16-23-25(19-11-7-4-8-12-19)22(28)24-18-9-5-3-6-10-18/h3-16H,1-2H3,(H,24,28)/b23-16+. The number of hydrazone groups is 1. The van der Waals surface area contributed by atoms with Gasteiger partial charge in [-0.25, -0.2) is 5.01 Å². The molecule has 0 aliphatic carbocycles. The van der Waals surface area contributed by atoms with Crippen molar-refractivity contribution in [2.75, 3.05) is 24.5 Å². The van der Waals surface area contributed by atoms with Crippen LogP contribution in [0.1, 0.15) is 5.56 Å². The number of rotatable bonds is 6. The smallest absolute Gasteiger partial charge is 0.198 e. The maximum absolute atomic E-state index is 5.61. The lowest BCUT2D eigenvalue weighted by Crippen LogP contribution is -2.30. The Morgan fingerprint density at radius 3 is 2.25 bits per heavy atom. The van der Waals surface area contributed by atoms with Gasteiger partial charge in [-0.05, 0) is 48.6 Å². The van der Waals surface area contributed by atoms with E-state index >= 15 is 0 Å². The van der Waals surface area contributed by atoms with Crippen molar-refractivity contribution in [2.45, 2.75) is 0 Å². The fourth-order valence-corrected chi connectivity index (χ4v) is 2.82. The first-order valence-electron chi connectivity index (χ1n) is 8.68. The molecule has 0 saturated heterocycles. The summed E-state index contributed by atoms with van der Waals surface area (Å²) in [6, 6.07) is 25.0. The number of ether oxygens (including phenoxy) is 2. The zero-order valence-corrected chi connectivity index (χ0v) is 16.5. The average molecular weight is 391 g/mol. The van der Waals surface area contributed by atoms with Gasteiger partial charge in [0.15, 0.2) is 5.11 Å². The van der Waals surface area contributed by atoms with Crippen molar-refractivity contribution in [2.24, 2.45) is 5.10 Å². The summed E-state index contributed by atoms with van der Waals surface area (Å²) in [4.78, 5) is 0. The number of anilines is 2. The first kappa shape index (κ1) is 19.4. The molecule has 0 aromatic heterocycles. The van der Waals surface area contributed by atoms with Gasteiger partial charge in [-0.2, -0.15) is 5.10 Å². The Labute approximate surface area is 170 Å². The van der Waals surface area contributed by atoms with Gasteiger partial charge in [-0.1, -0.05) is 36.4 Å². The minimum Gasteiger partial charge on any atom is -0.497 e. The van der Waals surface area contributed by atoms with Gasteiger partial charge in [-0.15, -0.1) is 0 Å². The maximum atomic E-state index is 5.61. The predicted molar refractivity (Wildman–Crippen MR) is 119 cm³/mol. The zero-order valence-electron chi connectivity index (χ0n) is 15.7. The number of para-hydroxylation sites is 2. The van der Waals surface area contributed by atoms with Crippen molar-refractivity contribution < 1.29 is 9.47 Å². The lowest BCUT2D eigenvalue weighted by molar-refractivity contribution is 0.394. The lowest BCUT2D eigenvalue weighted by atomic mass is 10.2. The second kappa shape index (κ2) is 9.53. The van der Waals surface area contributed by atoms with Crippen LogP contribution >= 0.6 is 12.2 Å². The van der Waals surface area contributed by atoms with Crippen LogP contribution in [0.25, 0.3) is 0 Å². The number of benzene rings is 3. The second-order valence-corrected chi connectivity index (χ2v) is 6.18. The fourth-order valence-electron chi connectivity index (χ4n) is 2.55. The van der Waals surface area contributed by atoms with Crippen LogP contribution in [0.5, 0.6) is 11.5 Å². The largest absolute Gasteiger partial charge is 0.497 e. The Morgan fingerprint density at radius 1 is 0.929 bits per heavy atom. The summed E-state index contributed by atoms with van der Waals surface area (Å²) >= 11 is 5.61. The van der Waals surface area contributed by atoms with Crippen molar-refractivity contribution in [3.05, 3.63) is 84.4 Å². The van der Waals surface area contributed by atoms with Crippen molar-refractivity contribution in [1.82, 2.24) is 0 Å². The van der Waals surface area contributed by atoms with Crippen LogP contribution in [-0.2, 0) is 0 Å². The number of hydrogen-bond donors (Lipinski definition) is 1.